The number of fused-ring (bicyclic) bond motifs is 1. The number of para-hydroxylation sites is 1. The highest BCUT2D eigenvalue weighted by molar-refractivity contribution is 5.95. The van der Waals surface area contributed by atoms with Crippen LogP contribution in [0.2, 0.25) is 0 Å². The van der Waals surface area contributed by atoms with Crippen LogP contribution in [-0.2, 0) is 11.2 Å². The molecule has 4 heteroatoms. The topological polar surface area (TPSA) is 51.5 Å². The summed E-state index contributed by atoms with van der Waals surface area (Å²) in [5.41, 5.74) is 4.79. The normalized spacial score (nSPS) is 10.8. The van der Waals surface area contributed by atoms with E-state index in [0.29, 0.717) is 0 Å². The number of hydrogen-bond donors (Lipinski definition) is 1. The minimum Gasteiger partial charge on any atom is -0.464 e. The molecule has 0 aliphatic heterocycles. The molecule has 0 saturated heterocycles. The summed E-state index contributed by atoms with van der Waals surface area (Å²) < 4.78 is 11.4. The molecule has 3 aromatic carbocycles. The lowest BCUT2D eigenvalue weighted by molar-refractivity contribution is -0.115. The number of ether oxygens (including phenoxy) is 1. The zero-order valence-corrected chi connectivity index (χ0v) is 15.9. The Morgan fingerprint density at radius 1 is 0.929 bits per heavy atom. The van der Waals surface area contributed by atoms with E-state index in [1.54, 1.807) is 6.26 Å². The molecule has 0 unspecified atom stereocenters. The SMILES string of the molecule is Cc1cc2occ(CC(=O)Nc3ccc(Oc4ccccc4)cc3)c2cc1C. The van der Waals surface area contributed by atoms with Crippen molar-refractivity contribution in [2.24, 2.45) is 0 Å². The van der Waals surface area contributed by atoms with E-state index in [1.165, 1.54) is 11.1 Å². The van der Waals surface area contributed by atoms with Crippen LogP contribution in [-0.4, -0.2) is 5.91 Å². The number of furan rings is 1. The number of hydrogen-bond acceptors (Lipinski definition) is 3. The second kappa shape index (κ2) is 7.61. The quantitative estimate of drug-likeness (QED) is 0.466. The average Bonchev–Trinajstić information content (AvgIpc) is 3.06. The molecule has 28 heavy (non-hydrogen) atoms. The van der Waals surface area contributed by atoms with Crippen LogP contribution < -0.4 is 10.1 Å². The highest BCUT2D eigenvalue weighted by atomic mass is 16.5. The molecule has 1 heterocycles. The van der Waals surface area contributed by atoms with E-state index in [4.69, 9.17) is 9.15 Å². The second-order valence-corrected chi connectivity index (χ2v) is 6.86. The van der Waals surface area contributed by atoms with Crippen LogP contribution >= 0.6 is 0 Å². The lowest BCUT2D eigenvalue weighted by atomic mass is 10.0. The van der Waals surface area contributed by atoms with Crippen molar-refractivity contribution < 1.29 is 13.9 Å². The third-order valence-electron chi connectivity index (χ3n) is 4.74. The number of anilines is 1. The minimum absolute atomic E-state index is 0.0855. The monoisotopic (exact) mass is 371 g/mol. The number of carbonyl (C=O) groups excluding carboxylic acids is 1. The van der Waals surface area contributed by atoms with Gasteiger partial charge in [0.2, 0.25) is 5.91 Å². The van der Waals surface area contributed by atoms with E-state index in [0.717, 1.165) is 33.7 Å². The second-order valence-electron chi connectivity index (χ2n) is 6.86. The van der Waals surface area contributed by atoms with Gasteiger partial charge in [0, 0.05) is 16.6 Å². The molecule has 0 bridgehead atoms. The van der Waals surface area contributed by atoms with Crippen molar-refractivity contribution in [2.45, 2.75) is 20.3 Å². The molecule has 1 aromatic heterocycles. The molecular formula is C24H21NO3. The molecule has 0 radical (unpaired) electrons. The van der Waals surface area contributed by atoms with Crippen LogP contribution in [0.15, 0.2) is 77.4 Å². The standard InChI is InChI=1S/C24H21NO3/c1-16-12-22-18(15-27-23(22)13-17(16)2)14-24(26)25-19-8-10-21(11-9-19)28-20-6-4-3-5-7-20/h3-13,15H,14H2,1-2H3,(H,25,26). The van der Waals surface area contributed by atoms with Gasteiger partial charge in [-0.1, -0.05) is 18.2 Å². The summed E-state index contributed by atoms with van der Waals surface area (Å²) in [4.78, 5) is 12.5. The van der Waals surface area contributed by atoms with Gasteiger partial charge >= 0.3 is 0 Å². The molecule has 0 aliphatic carbocycles. The maximum atomic E-state index is 12.5. The van der Waals surface area contributed by atoms with E-state index in [9.17, 15) is 4.79 Å². The molecule has 140 valence electrons. The van der Waals surface area contributed by atoms with Gasteiger partial charge in [-0.15, -0.1) is 0 Å². The smallest absolute Gasteiger partial charge is 0.228 e. The Morgan fingerprint density at radius 3 is 2.36 bits per heavy atom. The Hall–Kier alpha value is -3.53. The zero-order chi connectivity index (χ0) is 19.5. The van der Waals surface area contributed by atoms with Crippen molar-refractivity contribution in [1.82, 2.24) is 0 Å². The van der Waals surface area contributed by atoms with Gasteiger partial charge in [0.25, 0.3) is 0 Å². The van der Waals surface area contributed by atoms with Gasteiger partial charge in [-0.25, -0.2) is 0 Å². The molecule has 4 rings (SSSR count). The summed E-state index contributed by atoms with van der Waals surface area (Å²) in [5, 5.41) is 3.92. The van der Waals surface area contributed by atoms with Crippen molar-refractivity contribution in [3.63, 3.8) is 0 Å². The van der Waals surface area contributed by atoms with Gasteiger partial charge < -0.3 is 14.5 Å². The molecule has 1 amide bonds. The summed E-state index contributed by atoms with van der Waals surface area (Å²) >= 11 is 0. The Balaban J connectivity index is 1.42. The highest BCUT2D eigenvalue weighted by Crippen LogP contribution is 2.26. The fourth-order valence-electron chi connectivity index (χ4n) is 3.08. The summed E-state index contributed by atoms with van der Waals surface area (Å²) in [7, 11) is 0. The van der Waals surface area contributed by atoms with Crippen LogP contribution in [0.5, 0.6) is 11.5 Å². The van der Waals surface area contributed by atoms with E-state index < -0.39 is 0 Å². The lowest BCUT2D eigenvalue weighted by Crippen LogP contribution is -2.14. The van der Waals surface area contributed by atoms with E-state index in [-0.39, 0.29) is 12.3 Å². The molecule has 0 saturated carbocycles. The number of benzene rings is 3. The molecular weight excluding hydrogens is 350 g/mol. The van der Waals surface area contributed by atoms with E-state index in [1.807, 2.05) is 60.7 Å². The van der Waals surface area contributed by atoms with Crippen LogP contribution in [0.4, 0.5) is 5.69 Å². The Bertz CT molecular complexity index is 1110. The maximum Gasteiger partial charge on any atom is 0.228 e. The van der Waals surface area contributed by atoms with Crippen molar-refractivity contribution in [1.29, 1.82) is 0 Å². The van der Waals surface area contributed by atoms with Crippen LogP contribution in [0, 0.1) is 13.8 Å². The fraction of sp³-hybridized carbons (Fsp3) is 0.125. The summed E-state index contributed by atoms with van der Waals surface area (Å²) in [6.45, 7) is 4.11. The Morgan fingerprint density at radius 2 is 1.61 bits per heavy atom. The van der Waals surface area contributed by atoms with Gasteiger partial charge in [0.1, 0.15) is 17.1 Å². The number of nitrogens with one attached hydrogen (secondary N) is 1. The largest absolute Gasteiger partial charge is 0.464 e. The average molecular weight is 371 g/mol. The fourth-order valence-corrected chi connectivity index (χ4v) is 3.08. The van der Waals surface area contributed by atoms with Crippen molar-refractivity contribution >= 4 is 22.6 Å². The van der Waals surface area contributed by atoms with E-state index in [2.05, 4.69) is 25.2 Å². The van der Waals surface area contributed by atoms with E-state index >= 15 is 0 Å². The summed E-state index contributed by atoms with van der Waals surface area (Å²) in [6, 6.07) is 21.0. The predicted molar refractivity (Wildman–Crippen MR) is 111 cm³/mol. The van der Waals surface area contributed by atoms with Crippen molar-refractivity contribution in [3.05, 3.63) is 89.7 Å². The Kier molecular flexibility index (Phi) is 4.85. The minimum atomic E-state index is -0.0855. The first-order chi connectivity index (χ1) is 13.6. The van der Waals surface area contributed by atoms with Gasteiger partial charge in [0.15, 0.2) is 0 Å². The molecule has 0 atom stereocenters. The number of rotatable bonds is 5. The van der Waals surface area contributed by atoms with Crippen molar-refractivity contribution in [2.75, 3.05) is 5.32 Å². The number of amides is 1. The molecule has 1 N–H and O–H groups in total. The molecule has 4 nitrogen and oxygen atoms in total. The summed E-state index contributed by atoms with van der Waals surface area (Å²) in [6.07, 6.45) is 1.93. The predicted octanol–water partition coefficient (Wildman–Crippen LogP) is 6.02. The number of carbonyl (C=O) groups is 1. The van der Waals surface area contributed by atoms with Gasteiger partial charge in [-0.3, -0.25) is 4.79 Å². The lowest BCUT2D eigenvalue weighted by Gasteiger charge is -2.08. The molecule has 0 fully saturated rings. The zero-order valence-electron chi connectivity index (χ0n) is 15.9. The number of aryl methyl sites for hydroxylation is 2. The van der Waals surface area contributed by atoms with Crippen LogP contribution in [0.25, 0.3) is 11.0 Å². The first kappa shape index (κ1) is 17.9. The third kappa shape index (κ3) is 3.91. The highest BCUT2D eigenvalue weighted by Gasteiger charge is 2.12. The van der Waals surface area contributed by atoms with Gasteiger partial charge in [-0.05, 0) is 73.5 Å². The Labute approximate surface area is 163 Å². The molecule has 4 aromatic rings. The molecule has 0 spiro atoms. The van der Waals surface area contributed by atoms with Crippen molar-refractivity contribution in [3.8, 4) is 11.5 Å². The van der Waals surface area contributed by atoms with Crippen LogP contribution in [0.3, 0.4) is 0 Å². The summed E-state index contributed by atoms with van der Waals surface area (Å²) in [5.74, 6) is 1.41. The molecule has 0 aliphatic rings. The van der Waals surface area contributed by atoms with Crippen LogP contribution in [0.1, 0.15) is 16.7 Å². The van der Waals surface area contributed by atoms with Gasteiger partial charge in [0.05, 0.1) is 12.7 Å². The maximum absolute atomic E-state index is 12.5. The first-order valence-electron chi connectivity index (χ1n) is 9.18. The third-order valence-corrected chi connectivity index (χ3v) is 4.74. The first-order valence-corrected chi connectivity index (χ1v) is 9.18. The van der Waals surface area contributed by atoms with Gasteiger partial charge in [-0.2, -0.15) is 0 Å².